The van der Waals surface area contributed by atoms with E-state index in [1.54, 1.807) is 6.92 Å². The van der Waals surface area contributed by atoms with E-state index in [4.69, 9.17) is 9.47 Å². The molecule has 0 amide bonds. The molecule has 4 fully saturated rings. The highest BCUT2D eigenvalue weighted by atomic mass is 32.2. The second-order valence-electron chi connectivity index (χ2n) is 9.60. The minimum absolute atomic E-state index is 0.0249. The Bertz CT molecular complexity index is 869. The molecule has 148 valence electrons. The van der Waals surface area contributed by atoms with Gasteiger partial charge in [0, 0.05) is 12.3 Å². The molecule has 5 nitrogen and oxygen atoms in total. The van der Waals surface area contributed by atoms with Crippen LogP contribution in [0.5, 0.6) is 0 Å². The number of benzene rings is 1. The maximum absolute atomic E-state index is 13.7. The molecule has 2 aliphatic heterocycles. The molecule has 0 unspecified atom stereocenters. The van der Waals surface area contributed by atoms with Crippen molar-refractivity contribution in [2.45, 2.75) is 71.1 Å². The van der Waals surface area contributed by atoms with Gasteiger partial charge in [0.1, 0.15) is 6.10 Å². The van der Waals surface area contributed by atoms with Crippen LogP contribution in [-0.2, 0) is 19.5 Å². The molecule has 5 rings (SSSR count). The molecule has 2 aliphatic carbocycles. The second-order valence-corrected chi connectivity index (χ2v) is 11.4. The lowest BCUT2D eigenvalue weighted by Gasteiger charge is -2.41. The van der Waals surface area contributed by atoms with Crippen LogP contribution in [0.1, 0.15) is 58.6 Å². The topological polar surface area (TPSA) is 55.8 Å². The predicted octanol–water partition coefficient (Wildman–Crippen LogP) is 3.68. The van der Waals surface area contributed by atoms with Crippen molar-refractivity contribution in [3.63, 3.8) is 0 Å². The summed E-state index contributed by atoms with van der Waals surface area (Å²) in [5.41, 5.74) is 0.652. The molecular weight excluding hydrogens is 362 g/mol. The number of ether oxygens (including phenoxy) is 2. The van der Waals surface area contributed by atoms with E-state index in [0.717, 1.165) is 24.8 Å². The number of hydrogen-bond donors (Lipinski definition) is 0. The molecule has 2 saturated heterocycles. The molecule has 4 aliphatic rings. The van der Waals surface area contributed by atoms with Crippen molar-refractivity contribution < 1.29 is 17.9 Å². The summed E-state index contributed by atoms with van der Waals surface area (Å²) in [6.07, 6.45) is 2.56. The fourth-order valence-electron chi connectivity index (χ4n) is 6.62. The van der Waals surface area contributed by atoms with Gasteiger partial charge in [-0.15, -0.1) is 4.31 Å². The van der Waals surface area contributed by atoms with Crippen molar-refractivity contribution in [3.8, 4) is 0 Å². The Kier molecular flexibility index (Phi) is 3.59. The first-order valence-electron chi connectivity index (χ1n) is 10.0. The summed E-state index contributed by atoms with van der Waals surface area (Å²) in [5.74, 6) is -0.552. The average molecular weight is 392 g/mol. The zero-order valence-corrected chi connectivity index (χ0v) is 17.3. The van der Waals surface area contributed by atoms with Crippen molar-refractivity contribution in [1.82, 2.24) is 4.31 Å². The summed E-state index contributed by atoms with van der Waals surface area (Å²) >= 11 is 0. The largest absolute Gasteiger partial charge is 0.333 e. The monoisotopic (exact) mass is 391 g/mol. The summed E-state index contributed by atoms with van der Waals surface area (Å²) < 4.78 is 41.8. The zero-order valence-electron chi connectivity index (χ0n) is 16.5. The molecule has 1 spiro atoms. The third-order valence-corrected chi connectivity index (χ3v) is 10.3. The Morgan fingerprint density at radius 3 is 2.48 bits per heavy atom. The summed E-state index contributed by atoms with van der Waals surface area (Å²) in [5, 5.41) is 0. The fraction of sp³-hybridized carbons (Fsp3) is 0.714. The van der Waals surface area contributed by atoms with Gasteiger partial charge in [-0.3, -0.25) is 0 Å². The Hall–Kier alpha value is -0.950. The van der Waals surface area contributed by atoms with E-state index in [1.807, 2.05) is 37.3 Å². The summed E-state index contributed by atoms with van der Waals surface area (Å²) in [6, 6.07) is 9.55. The maximum Gasteiger partial charge on any atom is 0.241 e. The van der Waals surface area contributed by atoms with Gasteiger partial charge in [-0.1, -0.05) is 44.2 Å². The van der Waals surface area contributed by atoms with Crippen LogP contribution in [0.15, 0.2) is 30.3 Å². The van der Waals surface area contributed by atoms with Gasteiger partial charge in [-0.05, 0) is 43.1 Å². The smallest absolute Gasteiger partial charge is 0.241 e. The van der Waals surface area contributed by atoms with Gasteiger partial charge in [-0.25, -0.2) is 8.42 Å². The van der Waals surface area contributed by atoms with E-state index in [1.165, 1.54) is 4.31 Å². The normalized spacial score (nSPS) is 47.4. The minimum atomic E-state index is -3.53. The molecule has 0 aromatic heterocycles. The molecule has 0 radical (unpaired) electrons. The van der Waals surface area contributed by atoms with Gasteiger partial charge < -0.3 is 9.47 Å². The van der Waals surface area contributed by atoms with E-state index in [0.29, 0.717) is 5.92 Å². The van der Waals surface area contributed by atoms with Gasteiger partial charge in [0.25, 0.3) is 0 Å². The van der Waals surface area contributed by atoms with Crippen LogP contribution in [0, 0.1) is 16.7 Å². The number of fused-ring (bicyclic) bond motifs is 2. The molecule has 1 aromatic rings. The average Bonchev–Trinajstić information content (AvgIpc) is 3.04. The third-order valence-electron chi connectivity index (χ3n) is 8.14. The van der Waals surface area contributed by atoms with E-state index in [2.05, 4.69) is 13.8 Å². The first-order chi connectivity index (χ1) is 12.6. The minimum Gasteiger partial charge on any atom is -0.333 e. The van der Waals surface area contributed by atoms with Crippen LogP contribution in [0.4, 0.5) is 0 Å². The lowest BCUT2D eigenvalue weighted by atomic mass is 9.69. The summed E-state index contributed by atoms with van der Waals surface area (Å²) in [4.78, 5) is 0. The summed E-state index contributed by atoms with van der Waals surface area (Å²) in [6.45, 7) is 8.20. The van der Waals surface area contributed by atoms with Crippen molar-refractivity contribution in [3.05, 3.63) is 35.9 Å². The number of hydrogen-bond acceptors (Lipinski definition) is 4. The second kappa shape index (κ2) is 5.35. The van der Waals surface area contributed by atoms with Crippen LogP contribution < -0.4 is 0 Å². The number of sulfonamides is 1. The van der Waals surface area contributed by atoms with Crippen LogP contribution in [-0.4, -0.2) is 36.5 Å². The quantitative estimate of drug-likeness (QED) is 0.733. The van der Waals surface area contributed by atoms with Gasteiger partial charge in [-0.2, -0.15) is 0 Å². The van der Waals surface area contributed by atoms with Gasteiger partial charge in [0.2, 0.25) is 15.9 Å². The molecular formula is C21H29NO4S. The maximum atomic E-state index is 13.7. The molecule has 0 N–H and O–H groups in total. The molecule has 6 atom stereocenters. The molecule has 1 aromatic carbocycles. The van der Waals surface area contributed by atoms with Crippen molar-refractivity contribution in [2.24, 2.45) is 16.7 Å². The van der Waals surface area contributed by atoms with Crippen LogP contribution in [0.3, 0.4) is 0 Å². The Labute approximate surface area is 162 Å². The molecule has 2 saturated carbocycles. The SMILES string of the molecule is C[C@@H]1[C@@H](c2ccccc2)O[C@@]2(C)O[C@@H]3C[C@H]4CC[C@]3(CS(=O)(=O)N12)C4(C)C. The van der Waals surface area contributed by atoms with E-state index in [-0.39, 0.29) is 34.8 Å². The lowest BCUT2D eigenvalue weighted by molar-refractivity contribution is -0.288. The van der Waals surface area contributed by atoms with E-state index in [9.17, 15) is 8.42 Å². The molecule has 2 heterocycles. The first kappa shape index (κ1) is 18.1. The van der Waals surface area contributed by atoms with Crippen LogP contribution >= 0.6 is 0 Å². The van der Waals surface area contributed by atoms with Crippen molar-refractivity contribution in [2.75, 3.05) is 5.75 Å². The van der Waals surface area contributed by atoms with Crippen molar-refractivity contribution in [1.29, 1.82) is 0 Å². The van der Waals surface area contributed by atoms with E-state index < -0.39 is 15.9 Å². The first-order valence-corrected chi connectivity index (χ1v) is 11.6. The standard InChI is InChI=1S/C21H29NO4S/c1-14-18(15-8-6-5-7-9-15)26-20(4)22(14)27(23,24)13-21-11-10-16(19(21,2)3)12-17(21)25-20/h5-9,14,16-18H,10-13H2,1-4H3/t14-,16-,17-,18+,20-,21-/m1/s1. The zero-order chi connectivity index (χ0) is 19.2. The van der Waals surface area contributed by atoms with Gasteiger partial charge >= 0.3 is 0 Å². The predicted molar refractivity (Wildman–Crippen MR) is 102 cm³/mol. The van der Waals surface area contributed by atoms with Crippen molar-refractivity contribution >= 4 is 10.0 Å². The fourth-order valence-corrected chi connectivity index (χ4v) is 9.32. The highest BCUT2D eigenvalue weighted by Gasteiger charge is 2.71. The number of nitrogens with zero attached hydrogens (tertiary/aromatic N) is 1. The number of rotatable bonds is 1. The van der Waals surface area contributed by atoms with E-state index >= 15 is 0 Å². The molecule has 27 heavy (non-hydrogen) atoms. The molecule has 2 bridgehead atoms. The van der Waals surface area contributed by atoms with Gasteiger partial charge in [0.15, 0.2) is 0 Å². The molecule has 6 heteroatoms. The Morgan fingerprint density at radius 1 is 1.11 bits per heavy atom. The van der Waals surface area contributed by atoms with Crippen LogP contribution in [0.2, 0.25) is 0 Å². The summed E-state index contributed by atoms with van der Waals surface area (Å²) in [7, 11) is -3.53. The Morgan fingerprint density at radius 2 is 1.81 bits per heavy atom. The third kappa shape index (κ3) is 2.18. The highest BCUT2D eigenvalue weighted by molar-refractivity contribution is 7.89. The highest BCUT2D eigenvalue weighted by Crippen LogP contribution is 2.69. The Balaban J connectivity index is 1.59. The lowest BCUT2D eigenvalue weighted by Crippen LogP contribution is -2.50. The van der Waals surface area contributed by atoms with Crippen LogP contribution in [0.25, 0.3) is 0 Å². The van der Waals surface area contributed by atoms with Gasteiger partial charge in [0.05, 0.1) is 17.9 Å².